The van der Waals surface area contributed by atoms with E-state index in [4.69, 9.17) is 0 Å². The van der Waals surface area contributed by atoms with Crippen molar-refractivity contribution in [3.8, 4) is 5.75 Å². The van der Waals surface area contributed by atoms with Crippen LogP contribution in [0.15, 0.2) is 33.8 Å². The molecule has 0 aliphatic carbocycles. The normalized spacial score (nSPS) is 10.9. The number of amides is 1. The predicted octanol–water partition coefficient (Wildman–Crippen LogP) is 1.96. The van der Waals surface area contributed by atoms with Crippen LogP contribution in [0.4, 0.5) is 0 Å². The highest BCUT2D eigenvalue weighted by Crippen LogP contribution is 2.19. The lowest BCUT2D eigenvalue weighted by Gasteiger charge is -2.01. The van der Waals surface area contributed by atoms with Crippen molar-refractivity contribution in [1.82, 2.24) is 15.2 Å². The third-order valence-electron chi connectivity index (χ3n) is 2.61. The lowest BCUT2D eigenvalue weighted by Crippen LogP contribution is -2.21. The number of aromatic hydroxyl groups is 1. The van der Waals surface area contributed by atoms with Crippen LogP contribution in [0.3, 0.4) is 0 Å². The van der Waals surface area contributed by atoms with E-state index < -0.39 is 0 Å². The van der Waals surface area contributed by atoms with Crippen LogP contribution < -0.4 is 5.43 Å². The molecule has 1 amide bonds. The van der Waals surface area contributed by atoms with Gasteiger partial charge in [0.1, 0.15) is 11.4 Å². The average molecular weight is 337 g/mol. The van der Waals surface area contributed by atoms with Gasteiger partial charge in [-0.25, -0.2) is 5.43 Å². The fourth-order valence-corrected chi connectivity index (χ4v) is 2.22. The summed E-state index contributed by atoms with van der Waals surface area (Å²) >= 11 is 3.32. The molecule has 0 aliphatic heterocycles. The molecule has 2 aromatic rings. The molecule has 0 atom stereocenters. The monoisotopic (exact) mass is 336 g/mol. The first-order valence-electron chi connectivity index (χ1n) is 5.80. The molecule has 0 bridgehead atoms. The minimum absolute atomic E-state index is 0.144. The summed E-state index contributed by atoms with van der Waals surface area (Å²) in [6, 6.07) is 6.56. The average Bonchev–Trinajstić information content (AvgIpc) is 2.63. The number of halogens is 1. The van der Waals surface area contributed by atoms with Gasteiger partial charge in [-0.15, -0.1) is 0 Å². The standard InChI is InChI=1S/C13H13BrN4O2/c1-8-11(14)12(18(2)17-8)13(20)16-15-7-9-4-3-5-10(19)6-9/h3-7,19H,1-2H3,(H,16,20)/b15-7-. The quantitative estimate of drug-likeness (QED) is 0.664. The van der Waals surface area contributed by atoms with Gasteiger partial charge < -0.3 is 5.11 Å². The Morgan fingerprint density at radius 2 is 2.30 bits per heavy atom. The van der Waals surface area contributed by atoms with Gasteiger partial charge in [-0.1, -0.05) is 12.1 Å². The summed E-state index contributed by atoms with van der Waals surface area (Å²) in [7, 11) is 1.69. The van der Waals surface area contributed by atoms with E-state index in [0.29, 0.717) is 15.7 Å². The van der Waals surface area contributed by atoms with Crippen LogP contribution in [0.1, 0.15) is 21.7 Å². The maximum absolute atomic E-state index is 12.0. The van der Waals surface area contributed by atoms with Gasteiger partial charge in [-0.05, 0) is 40.5 Å². The van der Waals surface area contributed by atoms with Crippen molar-refractivity contribution in [1.29, 1.82) is 0 Å². The molecule has 0 saturated heterocycles. The van der Waals surface area contributed by atoms with Crippen LogP contribution in [-0.2, 0) is 7.05 Å². The molecule has 0 aliphatic rings. The third-order valence-corrected chi connectivity index (χ3v) is 3.56. The zero-order valence-corrected chi connectivity index (χ0v) is 12.5. The molecule has 0 radical (unpaired) electrons. The molecule has 104 valence electrons. The number of benzene rings is 1. The van der Waals surface area contributed by atoms with Crippen LogP contribution in [-0.4, -0.2) is 27.0 Å². The highest BCUT2D eigenvalue weighted by Gasteiger charge is 2.17. The first-order chi connectivity index (χ1) is 9.49. The Labute approximate surface area is 124 Å². The second kappa shape index (κ2) is 5.87. The molecule has 20 heavy (non-hydrogen) atoms. The number of aryl methyl sites for hydroxylation is 2. The molecule has 1 aromatic heterocycles. The third kappa shape index (κ3) is 3.05. The molecule has 6 nitrogen and oxygen atoms in total. The largest absolute Gasteiger partial charge is 0.508 e. The number of aromatic nitrogens is 2. The van der Waals surface area contributed by atoms with Crippen molar-refractivity contribution in [2.45, 2.75) is 6.92 Å². The first-order valence-corrected chi connectivity index (χ1v) is 6.60. The summed E-state index contributed by atoms with van der Waals surface area (Å²) in [5, 5.41) is 17.3. The van der Waals surface area contributed by atoms with E-state index in [1.54, 1.807) is 38.2 Å². The number of hydrazone groups is 1. The maximum atomic E-state index is 12.0. The fraction of sp³-hybridized carbons (Fsp3) is 0.154. The molecule has 7 heteroatoms. The number of rotatable bonds is 3. The van der Waals surface area contributed by atoms with E-state index >= 15 is 0 Å². The van der Waals surface area contributed by atoms with Crippen molar-refractivity contribution in [2.24, 2.45) is 12.1 Å². The van der Waals surface area contributed by atoms with Crippen LogP contribution in [0.5, 0.6) is 5.75 Å². The molecule has 2 N–H and O–H groups in total. The van der Waals surface area contributed by atoms with Gasteiger partial charge in [-0.3, -0.25) is 9.48 Å². The summed E-state index contributed by atoms with van der Waals surface area (Å²) in [5.74, 6) is -0.221. The number of carbonyl (C=O) groups excluding carboxylic acids is 1. The first kappa shape index (κ1) is 14.3. The molecule has 0 unspecified atom stereocenters. The number of hydrogen-bond acceptors (Lipinski definition) is 4. The Morgan fingerprint density at radius 1 is 1.55 bits per heavy atom. The number of phenolic OH excluding ortho intramolecular Hbond substituents is 1. The number of phenols is 1. The maximum Gasteiger partial charge on any atom is 0.290 e. The Hall–Kier alpha value is -2.15. The minimum atomic E-state index is -0.364. The van der Waals surface area contributed by atoms with Crippen molar-refractivity contribution in [3.05, 3.63) is 45.7 Å². The zero-order valence-electron chi connectivity index (χ0n) is 11.0. The van der Waals surface area contributed by atoms with E-state index in [1.165, 1.54) is 10.9 Å². The molecule has 1 heterocycles. The Bertz CT molecular complexity index is 679. The molecule has 1 aromatic carbocycles. The lowest BCUT2D eigenvalue weighted by atomic mass is 10.2. The zero-order chi connectivity index (χ0) is 14.7. The molecular weight excluding hydrogens is 324 g/mol. The molecule has 2 rings (SSSR count). The van der Waals surface area contributed by atoms with Crippen molar-refractivity contribution in [3.63, 3.8) is 0 Å². The van der Waals surface area contributed by atoms with E-state index in [0.717, 1.165) is 5.69 Å². The van der Waals surface area contributed by atoms with E-state index in [9.17, 15) is 9.90 Å². The molecule has 0 spiro atoms. The Morgan fingerprint density at radius 3 is 2.90 bits per heavy atom. The number of carbonyl (C=O) groups is 1. The van der Waals surface area contributed by atoms with Crippen LogP contribution in [0.2, 0.25) is 0 Å². The summed E-state index contributed by atoms with van der Waals surface area (Å²) < 4.78 is 2.13. The predicted molar refractivity (Wildman–Crippen MR) is 78.8 cm³/mol. The molecule has 0 saturated carbocycles. The van der Waals surface area contributed by atoms with Gasteiger partial charge in [0.2, 0.25) is 0 Å². The van der Waals surface area contributed by atoms with Gasteiger partial charge in [-0.2, -0.15) is 10.2 Å². The van der Waals surface area contributed by atoms with Crippen molar-refractivity contribution in [2.75, 3.05) is 0 Å². The lowest BCUT2D eigenvalue weighted by molar-refractivity contribution is 0.0945. The van der Waals surface area contributed by atoms with Crippen LogP contribution >= 0.6 is 15.9 Å². The van der Waals surface area contributed by atoms with Crippen LogP contribution in [0.25, 0.3) is 0 Å². The SMILES string of the molecule is Cc1nn(C)c(C(=O)N/N=C\c2cccc(O)c2)c1Br. The second-order valence-electron chi connectivity index (χ2n) is 4.17. The van der Waals surface area contributed by atoms with Gasteiger partial charge in [0.25, 0.3) is 5.91 Å². The molecular formula is C13H13BrN4O2. The smallest absolute Gasteiger partial charge is 0.290 e. The summed E-state index contributed by atoms with van der Waals surface area (Å²) in [6.45, 7) is 1.80. The van der Waals surface area contributed by atoms with Crippen molar-refractivity contribution < 1.29 is 9.90 Å². The van der Waals surface area contributed by atoms with Crippen molar-refractivity contribution >= 4 is 28.1 Å². The van der Waals surface area contributed by atoms with Gasteiger partial charge in [0.15, 0.2) is 0 Å². The second-order valence-corrected chi connectivity index (χ2v) is 4.96. The van der Waals surface area contributed by atoms with Gasteiger partial charge in [0, 0.05) is 7.05 Å². The Balaban J connectivity index is 2.09. The Kier molecular flexibility index (Phi) is 4.19. The summed E-state index contributed by atoms with van der Waals surface area (Å²) in [6.07, 6.45) is 1.45. The van der Waals surface area contributed by atoms with E-state index in [2.05, 4.69) is 31.6 Å². The topological polar surface area (TPSA) is 79.5 Å². The summed E-state index contributed by atoms with van der Waals surface area (Å²) in [4.78, 5) is 12.0. The number of nitrogens with one attached hydrogen (secondary N) is 1. The van der Waals surface area contributed by atoms with E-state index in [1.807, 2.05) is 0 Å². The van der Waals surface area contributed by atoms with E-state index in [-0.39, 0.29) is 11.7 Å². The van der Waals surface area contributed by atoms with Gasteiger partial charge in [0.05, 0.1) is 16.4 Å². The number of nitrogens with zero attached hydrogens (tertiary/aromatic N) is 3. The number of hydrogen-bond donors (Lipinski definition) is 2. The van der Waals surface area contributed by atoms with Crippen LogP contribution in [0, 0.1) is 6.92 Å². The summed E-state index contributed by atoms with van der Waals surface area (Å²) in [5.41, 5.74) is 4.24. The highest BCUT2D eigenvalue weighted by atomic mass is 79.9. The highest BCUT2D eigenvalue weighted by molar-refractivity contribution is 9.10. The van der Waals surface area contributed by atoms with Gasteiger partial charge >= 0.3 is 0 Å². The minimum Gasteiger partial charge on any atom is -0.508 e. The molecule has 0 fully saturated rings. The fourth-order valence-electron chi connectivity index (χ4n) is 1.70.